The van der Waals surface area contributed by atoms with E-state index in [0.717, 1.165) is 0 Å². The van der Waals surface area contributed by atoms with Gasteiger partial charge in [-0.1, -0.05) is 23.7 Å². The van der Waals surface area contributed by atoms with Crippen molar-refractivity contribution in [2.45, 2.75) is 18.9 Å². The first-order valence-corrected chi connectivity index (χ1v) is 6.37. The lowest BCUT2D eigenvalue weighted by molar-refractivity contribution is -0.148. The summed E-state index contributed by atoms with van der Waals surface area (Å²) in [5, 5.41) is 9.43. The molecular formula is C13H14ClNO4. The molecule has 1 aromatic rings. The van der Waals surface area contributed by atoms with Gasteiger partial charge in [-0.15, -0.1) is 0 Å². The maximum atomic E-state index is 11.9. The predicted octanol–water partition coefficient (Wildman–Crippen LogP) is 1.79. The molecule has 1 saturated heterocycles. The van der Waals surface area contributed by atoms with Crippen LogP contribution in [0.2, 0.25) is 5.02 Å². The highest BCUT2D eigenvalue weighted by Gasteiger charge is 2.33. The molecular weight excluding hydrogens is 270 g/mol. The summed E-state index contributed by atoms with van der Waals surface area (Å²) in [6.45, 7) is 0.259. The van der Waals surface area contributed by atoms with E-state index in [9.17, 15) is 9.59 Å². The summed E-state index contributed by atoms with van der Waals surface area (Å²) in [5.41, 5.74) is 0. The zero-order chi connectivity index (χ0) is 13.8. The summed E-state index contributed by atoms with van der Waals surface area (Å²) in [6, 6.07) is 6.10. The Balaban J connectivity index is 1.95. The van der Waals surface area contributed by atoms with Gasteiger partial charge in [0.05, 0.1) is 5.02 Å². The highest BCUT2D eigenvalue weighted by Crippen LogP contribution is 2.23. The number of carbonyl (C=O) groups is 2. The van der Waals surface area contributed by atoms with E-state index < -0.39 is 12.0 Å². The number of halogens is 1. The van der Waals surface area contributed by atoms with Crippen LogP contribution in [0.4, 0.5) is 0 Å². The predicted molar refractivity (Wildman–Crippen MR) is 69.3 cm³/mol. The van der Waals surface area contributed by atoms with E-state index in [1.165, 1.54) is 4.90 Å². The molecule has 1 amide bonds. The molecule has 1 N–H and O–H groups in total. The minimum Gasteiger partial charge on any atom is -0.482 e. The van der Waals surface area contributed by atoms with Crippen LogP contribution < -0.4 is 4.74 Å². The third-order valence-corrected chi connectivity index (χ3v) is 3.36. The number of hydrogen-bond donors (Lipinski definition) is 1. The first-order valence-electron chi connectivity index (χ1n) is 5.99. The molecule has 0 aliphatic carbocycles. The molecule has 19 heavy (non-hydrogen) atoms. The smallest absolute Gasteiger partial charge is 0.326 e. The number of carbonyl (C=O) groups excluding carboxylic acids is 1. The standard InChI is InChI=1S/C13H14ClNO4/c14-9-4-1-2-6-11(9)19-8-12(16)15-7-3-5-10(15)13(17)18/h1-2,4,6,10H,3,5,7-8H2,(H,17,18)/t10-/m0/s1. The summed E-state index contributed by atoms with van der Waals surface area (Å²) in [5.74, 6) is -0.878. The quantitative estimate of drug-likeness (QED) is 0.915. The first kappa shape index (κ1) is 13.7. The molecule has 0 unspecified atom stereocenters. The second-order valence-corrected chi connectivity index (χ2v) is 4.71. The van der Waals surface area contributed by atoms with Gasteiger partial charge in [-0.25, -0.2) is 4.79 Å². The van der Waals surface area contributed by atoms with Crippen molar-refractivity contribution < 1.29 is 19.4 Å². The minimum absolute atomic E-state index is 0.201. The largest absolute Gasteiger partial charge is 0.482 e. The maximum Gasteiger partial charge on any atom is 0.326 e. The molecule has 6 heteroatoms. The average Bonchev–Trinajstić information content (AvgIpc) is 2.87. The van der Waals surface area contributed by atoms with Crippen molar-refractivity contribution >= 4 is 23.5 Å². The average molecular weight is 284 g/mol. The number of carboxylic acids is 1. The van der Waals surface area contributed by atoms with Crippen molar-refractivity contribution in [1.29, 1.82) is 0 Å². The van der Waals surface area contributed by atoms with Gasteiger partial charge in [0.2, 0.25) is 0 Å². The summed E-state index contributed by atoms with van der Waals surface area (Å²) < 4.78 is 5.32. The van der Waals surface area contributed by atoms with Crippen molar-refractivity contribution in [2.24, 2.45) is 0 Å². The Morgan fingerprint density at radius 2 is 2.16 bits per heavy atom. The summed E-state index contributed by atoms with van der Waals surface area (Å²) in [4.78, 5) is 24.3. The number of aliphatic carboxylic acids is 1. The van der Waals surface area contributed by atoms with Gasteiger partial charge in [0, 0.05) is 6.54 Å². The molecule has 1 fully saturated rings. The molecule has 1 atom stereocenters. The van der Waals surface area contributed by atoms with E-state index in [1.807, 2.05) is 0 Å². The number of rotatable bonds is 4. The zero-order valence-electron chi connectivity index (χ0n) is 10.2. The van der Waals surface area contributed by atoms with Crippen LogP contribution >= 0.6 is 11.6 Å². The number of para-hydroxylation sites is 1. The molecule has 0 radical (unpaired) electrons. The third-order valence-electron chi connectivity index (χ3n) is 3.05. The highest BCUT2D eigenvalue weighted by atomic mass is 35.5. The van der Waals surface area contributed by atoms with Crippen LogP contribution in [0.15, 0.2) is 24.3 Å². The van der Waals surface area contributed by atoms with Gasteiger partial charge >= 0.3 is 5.97 Å². The first-order chi connectivity index (χ1) is 9.09. The summed E-state index contributed by atoms with van der Waals surface area (Å²) in [6.07, 6.45) is 1.20. The van der Waals surface area contributed by atoms with Crippen molar-refractivity contribution in [3.8, 4) is 5.75 Å². The molecule has 102 valence electrons. The summed E-state index contributed by atoms with van der Waals surface area (Å²) >= 11 is 5.90. The molecule has 1 aromatic carbocycles. The molecule has 2 rings (SSSR count). The molecule has 0 bridgehead atoms. The number of likely N-dealkylation sites (tertiary alicyclic amines) is 1. The molecule has 0 spiro atoms. The number of benzene rings is 1. The Bertz CT molecular complexity index is 491. The van der Waals surface area contributed by atoms with Gasteiger partial charge in [-0.05, 0) is 25.0 Å². The van der Waals surface area contributed by atoms with Crippen LogP contribution in [0.25, 0.3) is 0 Å². The Hall–Kier alpha value is -1.75. The van der Waals surface area contributed by atoms with E-state index in [4.69, 9.17) is 21.4 Å². The van der Waals surface area contributed by atoms with E-state index in [1.54, 1.807) is 24.3 Å². The van der Waals surface area contributed by atoms with Crippen LogP contribution in [0, 0.1) is 0 Å². The van der Waals surface area contributed by atoms with E-state index in [-0.39, 0.29) is 12.5 Å². The fraction of sp³-hybridized carbons (Fsp3) is 0.385. The van der Waals surface area contributed by atoms with Crippen LogP contribution in [-0.2, 0) is 9.59 Å². The molecule has 5 nitrogen and oxygen atoms in total. The van der Waals surface area contributed by atoms with Crippen molar-refractivity contribution in [3.63, 3.8) is 0 Å². The Morgan fingerprint density at radius 1 is 1.42 bits per heavy atom. The SMILES string of the molecule is O=C(O)[C@@H]1CCCN1C(=O)COc1ccccc1Cl. The third kappa shape index (κ3) is 3.17. The fourth-order valence-corrected chi connectivity index (χ4v) is 2.30. The molecule has 1 aliphatic heterocycles. The fourth-order valence-electron chi connectivity index (χ4n) is 2.11. The zero-order valence-corrected chi connectivity index (χ0v) is 11.0. The second kappa shape index (κ2) is 5.93. The monoisotopic (exact) mass is 283 g/mol. The topological polar surface area (TPSA) is 66.8 Å². The van der Waals surface area contributed by atoms with Crippen LogP contribution in [0.3, 0.4) is 0 Å². The van der Waals surface area contributed by atoms with Crippen molar-refractivity contribution in [1.82, 2.24) is 4.90 Å². The Morgan fingerprint density at radius 3 is 2.84 bits per heavy atom. The highest BCUT2D eigenvalue weighted by molar-refractivity contribution is 6.32. The Kier molecular flexibility index (Phi) is 4.27. The van der Waals surface area contributed by atoms with Crippen LogP contribution in [0.5, 0.6) is 5.75 Å². The molecule has 1 aliphatic rings. The van der Waals surface area contributed by atoms with Gasteiger partial charge in [0.25, 0.3) is 5.91 Å². The number of carboxylic acid groups (broad SMARTS) is 1. The lowest BCUT2D eigenvalue weighted by Crippen LogP contribution is -2.42. The van der Waals surface area contributed by atoms with E-state index in [2.05, 4.69) is 0 Å². The van der Waals surface area contributed by atoms with Gasteiger partial charge in [0.1, 0.15) is 11.8 Å². The number of nitrogens with zero attached hydrogens (tertiary/aromatic N) is 1. The lowest BCUT2D eigenvalue weighted by Gasteiger charge is -2.21. The summed E-state index contributed by atoms with van der Waals surface area (Å²) in [7, 11) is 0. The van der Waals surface area contributed by atoms with Gasteiger partial charge in [0.15, 0.2) is 6.61 Å². The maximum absolute atomic E-state index is 11.9. The Labute approximate surface area is 115 Å². The second-order valence-electron chi connectivity index (χ2n) is 4.30. The van der Waals surface area contributed by atoms with Crippen molar-refractivity contribution in [3.05, 3.63) is 29.3 Å². The van der Waals surface area contributed by atoms with Crippen LogP contribution in [0.1, 0.15) is 12.8 Å². The minimum atomic E-state index is -0.969. The molecule has 0 saturated carbocycles. The van der Waals surface area contributed by atoms with E-state index >= 15 is 0 Å². The lowest BCUT2D eigenvalue weighted by atomic mass is 10.2. The normalized spacial score (nSPS) is 18.4. The number of amides is 1. The number of hydrogen-bond acceptors (Lipinski definition) is 3. The van der Waals surface area contributed by atoms with Crippen LogP contribution in [-0.4, -0.2) is 41.1 Å². The van der Waals surface area contributed by atoms with E-state index in [0.29, 0.717) is 30.2 Å². The number of ether oxygens (including phenoxy) is 1. The van der Waals surface area contributed by atoms with Gasteiger partial charge in [-0.2, -0.15) is 0 Å². The van der Waals surface area contributed by atoms with Gasteiger partial charge < -0.3 is 14.7 Å². The molecule has 0 aromatic heterocycles. The molecule has 1 heterocycles. The van der Waals surface area contributed by atoms with Gasteiger partial charge in [-0.3, -0.25) is 4.79 Å². The van der Waals surface area contributed by atoms with Crippen molar-refractivity contribution in [2.75, 3.05) is 13.2 Å².